The average molecular weight is 324 g/mol. The molecule has 0 saturated heterocycles. The molecule has 0 aliphatic heterocycles. The van der Waals surface area contributed by atoms with Crippen molar-refractivity contribution in [3.8, 4) is 5.75 Å². The molecule has 102 valence electrons. The van der Waals surface area contributed by atoms with Gasteiger partial charge < -0.3 is 10.5 Å². The molecule has 1 aromatic carbocycles. The summed E-state index contributed by atoms with van der Waals surface area (Å²) in [7, 11) is 1.93. The smallest absolute Gasteiger partial charge is 0.125 e. The van der Waals surface area contributed by atoms with Gasteiger partial charge in [-0.1, -0.05) is 22.0 Å². The molecule has 0 bridgehead atoms. The predicted octanol–water partition coefficient (Wildman–Crippen LogP) is 2.82. The van der Waals surface area contributed by atoms with E-state index in [-0.39, 0.29) is 6.04 Å². The van der Waals surface area contributed by atoms with E-state index in [0.29, 0.717) is 6.61 Å². The summed E-state index contributed by atoms with van der Waals surface area (Å²) in [5.41, 5.74) is 8.12. The number of hydrogen-bond acceptors (Lipinski definition) is 3. The Labute approximate surface area is 121 Å². The van der Waals surface area contributed by atoms with Crippen molar-refractivity contribution in [1.29, 1.82) is 0 Å². The molecule has 0 radical (unpaired) electrons. The molecular formula is C14H18BrN3O. The quantitative estimate of drug-likeness (QED) is 0.920. The fourth-order valence-corrected chi connectivity index (χ4v) is 2.26. The van der Waals surface area contributed by atoms with Crippen molar-refractivity contribution in [2.45, 2.75) is 19.4 Å². The van der Waals surface area contributed by atoms with E-state index in [0.717, 1.165) is 27.9 Å². The summed E-state index contributed by atoms with van der Waals surface area (Å²) >= 11 is 3.45. The summed E-state index contributed by atoms with van der Waals surface area (Å²) in [4.78, 5) is 0. The van der Waals surface area contributed by atoms with Crippen LogP contribution in [0.15, 0.2) is 34.9 Å². The third kappa shape index (κ3) is 3.58. The summed E-state index contributed by atoms with van der Waals surface area (Å²) in [5, 5.41) is 4.14. The fourth-order valence-electron chi connectivity index (χ4n) is 1.92. The first kappa shape index (κ1) is 14.1. The van der Waals surface area contributed by atoms with Crippen LogP contribution in [0, 0.1) is 0 Å². The van der Waals surface area contributed by atoms with Crippen LogP contribution in [0.4, 0.5) is 0 Å². The molecule has 0 saturated carbocycles. The molecule has 0 amide bonds. The highest BCUT2D eigenvalue weighted by Crippen LogP contribution is 2.27. The number of halogens is 1. The van der Waals surface area contributed by atoms with Gasteiger partial charge in [0.1, 0.15) is 5.75 Å². The normalized spacial score (nSPS) is 12.4. The molecular weight excluding hydrogens is 306 g/mol. The molecule has 0 aliphatic carbocycles. The van der Waals surface area contributed by atoms with Crippen molar-refractivity contribution < 1.29 is 4.74 Å². The molecule has 0 aliphatic rings. The van der Waals surface area contributed by atoms with Gasteiger partial charge in [0.25, 0.3) is 0 Å². The lowest BCUT2D eigenvalue weighted by atomic mass is 10.1. The van der Waals surface area contributed by atoms with Gasteiger partial charge in [-0.15, -0.1) is 0 Å². The van der Waals surface area contributed by atoms with Gasteiger partial charge in [0.05, 0.1) is 6.61 Å². The lowest BCUT2D eigenvalue weighted by molar-refractivity contribution is 0.313. The molecule has 0 fully saturated rings. The van der Waals surface area contributed by atoms with E-state index in [1.165, 1.54) is 0 Å². The molecule has 1 aromatic heterocycles. The molecule has 1 unspecified atom stereocenters. The van der Waals surface area contributed by atoms with Gasteiger partial charge in [0.2, 0.25) is 0 Å². The molecule has 2 rings (SSSR count). The van der Waals surface area contributed by atoms with E-state index in [1.807, 2.05) is 42.9 Å². The zero-order valence-electron chi connectivity index (χ0n) is 11.1. The van der Waals surface area contributed by atoms with Crippen LogP contribution < -0.4 is 10.5 Å². The molecule has 1 heterocycles. The summed E-state index contributed by atoms with van der Waals surface area (Å²) in [6.45, 7) is 2.56. The van der Waals surface area contributed by atoms with Crippen LogP contribution in [0.2, 0.25) is 0 Å². The zero-order valence-corrected chi connectivity index (χ0v) is 12.7. The average Bonchev–Trinajstić information content (AvgIpc) is 2.75. The van der Waals surface area contributed by atoms with E-state index in [4.69, 9.17) is 10.5 Å². The van der Waals surface area contributed by atoms with Crippen LogP contribution >= 0.6 is 15.9 Å². The molecule has 4 nitrogen and oxygen atoms in total. The summed E-state index contributed by atoms with van der Waals surface area (Å²) < 4.78 is 8.71. The van der Waals surface area contributed by atoms with Crippen molar-refractivity contribution in [1.82, 2.24) is 9.78 Å². The maximum absolute atomic E-state index is 5.95. The van der Waals surface area contributed by atoms with E-state index in [1.54, 1.807) is 6.20 Å². The first-order valence-electron chi connectivity index (χ1n) is 6.22. The van der Waals surface area contributed by atoms with Gasteiger partial charge in [-0.2, -0.15) is 5.10 Å². The number of hydrogen-bond donors (Lipinski definition) is 1. The standard InChI is InChI=1S/C14H18BrN3O/c1-10(16)13-4-3-11(15)9-14(13)19-8-6-12-5-7-17-18(12)2/h3-5,7,9-10H,6,8,16H2,1-2H3. The summed E-state index contributed by atoms with van der Waals surface area (Å²) in [5.74, 6) is 0.839. The third-order valence-corrected chi connectivity index (χ3v) is 3.50. The van der Waals surface area contributed by atoms with Gasteiger partial charge in [-0.25, -0.2) is 0 Å². The van der Waals surface area contributed by atoms with Crippen LogP contribution in [-0.2, 0) is 13.5 Å². The maximum Gasteiger partial charge on any atom is 0.125 e. The lowest BCUT2D eigenvalue weighted by Gasteiger charge is -2.14. The zero-order chi connectivity index (χ0) is 13.8. The number of rotatable bonds is 5. The van der Waals surface area contributed by atoms with Crippen LogP contribution in [0.5, 0.6) is 5.75 Å². The largest absolute Gasteiger partial charge is 0.493 e. The van der Waals surface area contributed by atoms with Crippen molar-refractivity contribution in [2.75, 3.05) is 6.61 Å². The fraction of sp³-hybridized carbons (Fsp3) is 0.357. The van der Waals surface area contributed by atoms with Gasteiger partial charge >= 0.3 is 0 Å². The van der Waals surface area contributed by atoms with Gasteiger partial charge in [-0.3, -0.25) is 4.68 Å². The second kappa shape index (κ2) is 6.21. The topological polar surface area (TPSA) is 53.1 Å². The Morgan fingerprint density at radius 2 is 2.21 bits per heavy atom. The van der Waals surface area contributed by atoms with Crippen LogP contribution in [0.3, 0.4) is 0 Å². The summed E-state index contributed by atoms with van der Waals surface area (Å²) in [6.07, 6.45) is 2.61. The minimum Gasteiger partial charge on any atom is -0.493 e. The maximum atomic E-state index is 5.95. The van der Waals surface area contributed by atoms with E-state index < -0.39 is 0 Å². The molecule has 5 heteroatoms. The highest BCUT2D eigenvalue weighted by atomic mass is 79.9. The van der Waals surface area contributed by atoms with Gasteiger partial charge in [0.15, 0.2) is 0 Å². The molecule has 0 spiro atoms. The van der Waals surface area contributed by atoms with E-state index in [2.05, 4.69) is 21.0 Å². The molecule has 2 N–H and O–H groups in total. The van der Waals surface area contributed by atoms with Crippen molar-refractivity contribution in [3.63, 3.8) is 0 Å². The highest BCUT2D eigenvalue weighted by Gasteiger charge is 2.09. The predicted molar refractivity (Wildman–Crippen MR) is 79.2 cm³/mol. The first-order chi connectivity index (χ1) is 9.08. The van der Waals surface area contributed by atoms with E-state index in [9.17, 15) is 0 Å². The Kier molecular flexibility index (Phi) is 4.61. The second-order valence-corrected chi connectivity index (χ2v) is 5.43. The van der Waals surface area contributed by atoms with Crippen molar-refractivity contribution in [3.05, 3.63) is 46.2 Å². The first-order valence-corrected chi connectivity index (χ1v) is 7.02. The van der Waals surface area contributed by atoms with Crippen molar-refractivity contribution in [2.24, 2.45) is 12.8 Å². The van der Waals surface area contributed by atoms with Gasteiger partial charge in [0, 0.05) is 41.4 Å². The van der Waals surface area contributed by atoms with Gasteiger partial charge in [-0.05, 0) is 25.1 Å². The molecule has 19 heavy (non-hydrogen) atoms. The Morgan fingerprint density at radius 1 is 1.42 bits per heavy atom. The Morgan fingerprint density at radius 3 is 2.84 bits per heavy atom. The number of ether oxygens (including phenoxy) is 1. The number of aromatic nitrogens is 2. The lowest BCUT2D eigenvalue weighted by Crippen LogP contribution is -2.10. The van der Waals surface area contributed by atoms with Crippen molar-refractivity contribution >= 4 is 15.9 Å². The Balaban J connectivity index is 2.03. The SMILES string of the molecule is CC(N)c1ccc(Br)cc1OCCc1ccnn1C. The minimum atomic E-state index is -0.0418. The Hall–Kier alpha value is -1.33. The van der Waals surface area contributed by atoms with E-state index >= 15 is 0 Å². The number of aryl methyl sites for hydroxylation is 1. The number of benzene rings is 1. The second-order valence-electron chi connectivity index (χ2n) is 4.52. The highest BCUT2D eigenvalue weighted by molar-refractivity contribution is 9.10. The van der Waals surface area contributed by atoms with Crippen LogP contribution in [0.25, 0.3) is 0 Å². The number of nitrogens with zero attached hydrogens (tertiary/aromatic N) is 2. The Bertz CT molecular complexity index is 551. The van der Waals surface area contributed by atoms with Crippen LogP contribution in [-0.4, -0.2) is 16.4 Å². The molecule has 1 atom stereocenters. The molecule has 2 aromatic rings. The monoisotopic (exact) mass is 323 g/mol. The minimum absolute atomic E-state index is 0.0418. The third-order valence-electron chi connectivity index (χ3n) is 3.00. The number of nitrogens with two attached hydrogens (primary N) is 1. The van der Waals surface area contributed by atoms with Crippen LogP contribution in [0.1, 0.15) is 24.2 Å². The summed E-state index contributed by atoms with van der Waals surface area (Å²) in [6, 6.07) is 7.89.